The summed E-state index contributed by atoms with van der Waals surface area (Å²) in [5, 5.41) is 0. The van der Waals surface area contributed by atoms with Crippen molar-refractivity contribution in [3.8, 4) is 0 Å². The molecule has 132 valence electrons. The highest BCUT2D eigenvalue weighted by atomic mass is 16.5. The summed E-state index contributed by atoms with van der Waals surface area (Å²) in [6, 6.07) is 14.6. The van der Waals surface area contributed by atoms with Crippen molar-refractivity contribution in [3.05, 3.63) is 65.2 Å². The number of nitrogens with zero attached hydrogens (tertiary/aromatic N) is 1. The van der Waals surface area contributed by atoms with Gasteiger partial charge in [0, 0.05) is 12.2 Å². The number of hydrogen-bond acceptors (Lipinski definition) is 3. The first-order valence-corrected chi connectivity index (χ1v) is 8.73. The standard InChI is InChI=1S/C21H25NO3/c1-4-6-14-25-21(24)19-13-8-7-12-18(19)20(23)22(5-2)17-11-9-10-16(3)15-17/h7-13,15H,4-6,14H2,1-3H3. The van der Waals surface area contributed by atoms with Crippen LogP contribution in [0.25, 0.3) is 0 Å². The highest BCUT2D eigenvalue weighted by Gasteiger charge is 2.22. The second-order valence-corrected chi connectivity index (χ2v) is 5.92. The Hall–Kier alpha value is -2.62. The van der Waals surface area contributed by atoms with E-state index in [4.69, 9.17) is 4.74 Å². The number of ether oxygens (including phenoxy) is 1. The highest BCUT2D eigenvalue weighted by molar-refractivity contribution is 6.12. The fraction of sp³-hybridized carbons (Fsp3) is 0.333. The second-order valence-electron chi connectivity index (χ2n) is 5.92. The van der Waals surface area contributed by atoms with Crippen LogP contribution in [0.15, 0.2) is 48.5 Å². The third kappa shape index (κ3) is 4.69. The van der Waals surface area contributed by atoms with Crippen LogP contribution in [-0.2, 0) is 4.74 Å². The summed E-state index contributed by atoms with van der Waals surface area (Å²) >= 11 is 0. The van der Waals surface area contributed by atoms with E-state index in [9.17, 15) is 9.59 Å². The number of rotatable bonds is 7. The van der Waals surface area contributed by atoms with E-state index in [2.05, 4.69) is 0 Å². The number of aryl methyl sites for hydroxylation is 1. The van der Waals surface area contributed by atoms with Crippen LogP contribution in [0.1, 0.15) is 53.0 Å². The molecule has 0 saturated carbocycles. The van der Waals surface area contributed by atoms with Gasteiger partial charge in [-0.25, -0.2) is 4.79 Å². The molecule has 2 rings (SSSR count). The second kappa shape index (κ2) is 9.02. The Labute approximate surface area is 149 Å². The molecule has 0 aliphatic carbocycles. The maximum atomic E-state index is 13.1. The monoisotopic (exact) mass is 339 g/mol. The third-order valence-corrected chi connectivity index (χ3v) is 3.98. The Morgan fingerprint density at radius 1 is 1.00 bits per heavy atom. The molecule has 0 unspecified atom stereocenters. The van der Waals surface area contributed by atoms with Crippen molar-refractivity contribution in [2.45, 2.75) is 33.6 Å². The molecule has 4 heteroatoms. The third-order valence-electron chi connectivity index (χ3n) is 3.98. The molecule has 25 heavy (non-hydrogen) atoms. The van der Waals surface area contributed by atoms with Crippen molar-refractivity contribution in [2.24, 2.45) is 0 Å². The van der Waals surface area contributed by atoms with Gasteiger partial charge in [-0.15, -0.1) is 0 Å². The van der Waals surface area contributed by atoms with Gasteiger partial charge < -0.3 is 9.64 Å². The maximum absolute atomic E-state index is 13.1. The predicted octanol–water partition coefficient (Wildman–Crippen LogP) is 4.62. The molecule has 2 aromatic carbocycles. The van der Waals surface area contributed by atoms with Gasteiger partial charge in [0.15, 0.2) is 0 Å². The van der Waals surface area contributed by atoms with Gasteiger partial charge in [0.25, 0.3) is 5.91 Å². The summed E-state index contributed by atoms with van der Waals surface area (Å²) < 4.78 is 5.29. The SMILES string of the molecule is CCCCOC(=O)c1ccccc1C(=O)N(CC)c1cccc(C)c1. The van der Waals surface area contributed by atoms with E-state index in [0.29, 0.717) is 24.3 Å². The summed E-state index contributed by atoms with van der Waals surface area (Å²) in [6.45, 7) is 6.82. The lowest BCUT2D eigenvalue weighted by Gasteiger charge is -2.22. The Kier molecular flexibility index (Phi) is 6.75. The number of unbranched alkanes of at least 4 members (excludes halogenated alkanes) is 1. The Morgan fingerprint density at radius 2 is 1.72 bits per heavy atom. The largest absolute Gasteiger partial charge is 0.462 e. The first-order valence-electron chi connectivity index (χ1n) is 8.73. The molecule has 4 nitrogen and oxygen atoms in total. The lowest BCUT2D eigenvalue weighted by atomic mass is 10.1. The van der Waals surface area contributed by atoms with Gasteiger partial charge in [-0.3, -0.25) is 4.79 Å². The number of esters is 1. The first kappa shape index (κ1) is 18.7. The molecule has 0 spiro atoms. The van der Waals surface area contributed by atoms with E-state index in [1.54, 1.807) is 29.2 Å². The van der Waals surface area contributed by atoms with Crippen LogP contribution in [-0.4, -0.2) is 25.0 Å². The van der Waals surface area contributed by atoms with Crippen LogP contribution in [0.5, 0.6) is 0 Å². The topological polar surface area (TPSA) is 46.6 Å². The van der Waals surface area contributed by atoms with Crippen LogP contribution in [0.4, 0.5) is 5.69 Å². The van der Waals surface area contributed by atoms with Crippen LogP contribution in [0.2, 0.25) is 0 Å². The fourth-order valence-electron chi connectivity index (χ4n) is 2.62. The van der Waals surface area contributed by atoms with Crippen molar-refractivity contribution >= 4 is 17.6 Å². The van der Waals surface area contributed by atoms with E-state index < -0.39 is 5.97 Å². The summed E-state index contributed by atoms with van der Waals surface area (Å²) in [6.07, 6.45) is 1.76. The molecule has 0 aliphatic rings. The van der Waals surface area contributed by atoms with Gasteiger partial charge in [0.05, 0.1) is 17.7 Å². The van der Waals surface area contributed by atoms with Gasteiger partial charge in [-0.2, -0.15) is 0 Å². The molecule has 1 amide bonds. The molecule has 0 fully saturated rings. The summed E-state index contributed by atoms with van der Waals surface area (Å²) in [5.74, 6) is -0.645. The average Bonchev–Trinajstić information content (AvgIpc) is 2.62. The average molecular weight is 339 g/mol. The van der Waals surface area contributed by atoms with Crippen LogP contribution in [0.3, 0.4) is 0 Å². The van der Waals surface area contributed by atoms with Gasteiger partial charge in [0.2, 0.25) is 0 Å². The number of anilines is 1. The van der Waals surface area contributed by atoms with E-state index in [0.717, 1.165) is 24.1 Å². The van der Waals surface area contributed by atoms with Crippen molar-refractivity contribution in [1.29, 1.82) is 0 Å². The molecule has 0 atom stereocenters. The predicted molar refractivity (Wildman–Crippen MR) is 100 cm³/mol. The molecular weight excluding hydrogens is 314 g/mol. The van der Waals surface area contributed by atoms with Gasteiger partial charge >= 0.3 is 5.97 Å². The quantitative estimate of drug-likeness (QED) is 0.546. The van der Waals surface area contributed by atoms with Gasteiger partial charge in [-0.05, 0) is 50.1 Å². The smallest absolute Gasteiger partial charge is 0.338 e. The minimum atomic E-state index is -0.447. The fourth-order valence-corrected chi connectivity index (χ4v) is 2.62. The lowest BCUT2D eigenvalue weighted by molar-refractivity contribution is 0.0496. The Balaban J connectivity index is 2.30. The van der Waals surface area contributed by atoms with E-state index in [1.165, 1.54) is 0 Å². The summed E-state index contributed by atoms with van der Waals surface area (Å²) in [4.78, 5) is 27.1. The molecule has 0 aromatic heterocycles. The molecule has 0 N–H and O–H groups in total. The van der Waals surface area contributed by atoms with Crippen molar-refractivity contribution in [3.63, 3.8) is 0 Å². The number of carbonyl (C=O) groups excluding carboxylic acids is 2. The molecule has 2 aromatic rings. The minimum absolute atomic E-state index is 0.198. The maximum Gasteiger partial charge on any atom is 0.338 e. The normalized spacial score (nSPS) is 10.4. The Morgan fingerprint density at radius 3 is 2.36 bits per heavy atom. The number of amides is 1. The van der Waals surface area contributed by atoms with E-state index >= 15 is 0 Å². The summed E-state index contributed by atoms with van der Waals surface area (Å²) in [5.41, 5.74) is 2.58. The van der Waals surface area contributed by atoms with Crippen LogP contribution < -0.4 is 4.90 Å². The molecular formula is C21H25NO3. The zero-order valence-corrected chi connectivity index (χ0v) is 15.1. The number of carbonyl (C=O) groups is 2. The first-order chi connectivity index (χ1) is 12.1. The molecule has 0 heterocycles. The highest BCUT2D eigenvalue weighted by Crippen LogP contribution is 2.21. The van der Waals surface area contributed by atoms with Crippen molar-refractivity contribution < 1.29 is 14.3 Å². The zero-order valence-electron chi connectivity index (χ0n) is 15.1. The molecule has 0 radical (unpaired) electrons. The van der Waals surface area contributed by atoms with Crippen molar-refractivity contribution in [2.75, 3.05) is 18.1 Å². The zero-order chi connectivity index (χ0) is 18.2. The minimum Gasteiger partial charge on any atom is -0.462 e. The molecule has 0 aliphatic heterocycles. The molecule has 0 saturated heterocycles. The van der Waals surface area contributed by atoms with E-state index in [1.807, 2.05) is 45.0 Å². The number of hydrogen-bond donors (Lipinski definition) is 0. The van der Waals surface area contributed by atoms with Crippen LogP contribution in [0, 0.1) is 6.92 Å². The van der Waals surface area contributed by atoms with Crippen LogP contribution >= 0.6 is 0 Å². The van der Waals surface area contributed by atoms with E-state index in [-0.39, 0.29) is 5.91 Å². The number of benzene rings is 2. The summed E-state index contributed by atoms with van der Waals surface area (Å²) in [7, 11) is 0. The molecule has 0 bridgehead atoms. The van der Waals surface area contributed by atoms with Gasteiger partial charge in [-0.1, -0.05) is 37.6 Å². The van der Waals surface area contributed by atoms with Crippen molar-refractivity contribution in [1.82, 2.24) is 0 Å². The lowest BCUT2D eigenvalue weighted by Crippen LogP contribution is -2.32. The van der Waals surface area contributed by atoms with Gasteiger partial charge in [0.1, 0.15) is 0 Å². The Bertz CT molecular complexity index is 739.